The summed E-state index contributed by atoms with van der Waals surface area (Å²) in [5, 5.41) is 0. The van der Waals surface area contributed by atoms with Gasteiger partial charge in [0.05, 0.1) is 0 Å². The molecular weight excluding hydrogens is 412 g/mol. The van der Waals surface area contributed by atoms with E-state index in [9.17, 15) is 4.79 Å². The van der Waals surface area contributed by atoms with Crippen LogP contribution in [-0.4, -0.2) is 5.97 Å². The summed E-state index contributed by atoms with van der Waals surface area (Å²) >= 11 is 0. The Bertz CT molecular complexity index is 863. The molecule has 0 unspecified atom stereocenters. The van der Waals surface area contributed by atoms with E-state index < -0.39 is 0 Å². The van der Waals surface area contributed by atoms with E-state index in [1.54, 1.807) is 6.08 Å². The molecule has 0 N–H and O–H groups in total. The van der Waals surface area contributed by atoms with Crippen LogP contribution < -0.4 is 0 Å². The van der Waals surface area contributed by atoms with Gasteiger partial charge in [-0.25, -0.2) is 4.79 Å². The number of rotatable bonds is 3. The van der Waals surface area contributed by atoms with E-state index in [1.807, 2.05) is 94.2 Å². The van der Waals surface area contributed by atoms with E-state index >= 15 is 0 Å². The van der Waals surface area contributed by atoms with Crippen molar-refractivity contribution in [3.05, 3.63) is 142 Å². The van der Waals surface area contributed by atoms with Gasteiger partial charge in [0.2, 0.25) is 0 Å². The summed E-state index contributed by atoms with van der Waals surface area (Å²) in [5.41, 5.74) is 4.11. The number of esters is 1. The predicted octanol–water partition coefficient (Wildman–Crippen LogP) is 5.60. The minimum atomic E-state index is -0.324. The van der Waals surface area contributed by atoms with Gasteiger partial charge in [0.25, 0.3) is 0 Å². The van der Waals surface area contributed by atoms with Crippen molar-refractivity contribution >= 4 is 11.5 Å². The van der Waals surface area contributed by atoms with Crippen molar-refractivity contribution in [2.75, 3.05) is 0 Å². The Morgan fingerprint density at radius 1 is 0.633 bits per heavy atom. The fourth-order valence-electron chi connectivity index (χ4n) is 3.14. The fourth-order valence-corrected chi connectivity index (χ4v) is 3.14. The van der Waals surface area contributed by atoms with Gasteiger partial charge in [-0.15, -0.1) is 0 Å². The summed E-state index contributed by atoms with van der Waals surface area (Å²) < 4.78 is 5.35. The van der Waals surface area contributed by atoms with Crippen molar-refractivity contribution in [1.29, 1.82) is 0 Å². The molecule has 5 rings (SSSR count). The third kappa shape index (κ3) is 5.97. The fraction of sp³-hybridized carbons (Fsp3) is 0. The zero-order valence-electron chi connectivity index (χ0n) is 16.2. The van der Waals surface area contributed by atoms with Crippen molar-refractivity contribution < 1.29 is 26.6 Å². The third-order valence-electron chi connectivity index (χ3n) is 4.58. The van der Waals surface area contributed by atoms with Gasteiger partial charge in [-0.2, -0.15) is 0 Å². The first-order valence-electron chi connectivity index (χ1n) is 9.49. The Kier molecular flexibility index (Phi) is 8.54. The molecule has 0 spiro atoms. The third-order valence-corrected chi connectivity index (χ3v) is 4.58. The van der Waals surface area contributed by atoms with Gasteiger partial charge in [0.15, 0.2) is 0 Å². The van der Waals surface area contributed by atoms with E-state index in [1.165, 1.54) is 5.56 Å². The van der Waals surface area contributed by atoms with Gasteiger partial charge in [-0.1, -0.05) is 54.6 Å². The molecule has 2 nitrogen and oxygen atoms in total. The van der Waals surface area contributed by atoms with E-state index in [-0.39, 0.29) is 23.0 Å². The van der Waals surface area contributed by atoms with Crippen LogP contribution in [0.15, 0.2) is 72.5 Å². The van der Waals surface area contributed by atoms with Crippen LogP contribution in [0.25, 0.3) is 16.7 Å². The Morgan fingerprint density at radius 3 is 1.77 bits per heavy atom. The van der Waals surface area contributed by atoms with E-state index in [0.29, 0.717) is 5.76 Å². The smallest absolute Gasteiger partial charge is 0.423 e. The normalized spacial score (nSPS) is 19.7. The first kappa shape index (κ1) is 22.6. The van der Waals surface area contributed by atoms with Gasteiger partial charge in [0.1, 0.15) is 5.76 Å². The van der Waals surface area contributed by atoms with Crippen molar-refractivity contribution in [2.45, 2.75) is 0 Å². The van der Waals surface area contributed by atoms with Crippen LogP contribution in [0, 0.1) is 63.7 Å². The molecule has 10 radical (unpaired) electrons. The Hall–Kier alpha value is -2.09. The van der Waals surface area contributed by atoms with Crippen LogP contribution in [0.3, 0.4) is 0 Å². The van der Waals surface area contributed by atoms with E-state index in [4.69, 9.17) is 4.74 Å². The van der Waals surface area contributed by atoms with Crippen molar-refractivity contribution in [1.82, 2.24) is 0 Å². The van der Waals surface area contributed by atoms with Gasteiger partial charge >= 0.3 is 23.0 Å². The first-order valence-corrected chi connectivity index (χ1v) is 9.49. The van der Waals surface area contributed by atoms with Crippen LogP contribution in [0.4, 0.5) is 0 Å². The molecule has 0 atom stereocenters. The molecule has 0 saturated heterocycles. The van der Waals surface area contributed by atoms with Crippen LogP contribution in [0.2, 0.25) is 0 Å². The van der Waals surface area contributed by atoms with E-state index in [0.717, 1.165) is 22.6 Å². The number of ether oxygens (including phenoxy) is 1. The number of carbonyl (C=O) groups excluding carboxylic acids is 1. The minimum absolute atomic E-state index is 0. The maximum Gasteiger partial charge on any atom is 2.00 e. The van der Waals surface area contributed by atoms with Crippen LogP contribution in [-0.2, 0) is 26.6 Å². The average Bonchev–Trinajstić information content (AvgIpc) is 3.54. The molecule has 0 bridgehead atoms. The molecule has 3 heteroatoms. The van der Waals surface area contributed by atoms with Gasteiger partial charge in [-0.3, -0.25) is 0 Å². The molecule has 3 aliphatic rings. The van der Waals surface area contributed by atoms with Crippen molar-refractivity contribution in [2.24, 2.45) is 0 Å². The average molecular weight is 432 g/mol. The van der Waals surface area contributed by atoms with Crippen molar-refractivity contribution in [3.8, 4) is 11.1 Å². The number of benzene rings is 2. The number of carbonyl (C=O) groups is 1. The van der Waals surface area contributed by atoms with Crippen LogP contribution in [0.1, 0.15) is 5.56 Å². The molecule has 30 heavy (non-hydrogen) atoms. The summed E-state index contributed by atoms with van der Waals surface area (Å²) in [6.07, 6.45) is 21.3. The zero-order chi connectivity index (χ0) is 19.9. The number of hydrogen-bond acceptors (Lipinski definition) is 2. The van der Waals surface area contributed by atoms with Crippen molar-refractivity contribution in [3.63, 3.8) is 0 Å². The maximum atomic E-state index is 11.7. The summed E-state index contributed by atoms with van der Waals surface area (Å²) in [6.45, 7) is 0. The van der Waals surface area contributed by atoms with Gasteiger partial charge in [0, 0.05) is 17.6 Å². The van der Waals surface area contributed by atoms with Gasteiger partial charge in [-0.05, 0) is 80.6 Å². The Balaban J connectivity index is 0.000000376. The topological polar surface area (TPSA) is 26.3 Å². The zero-order valence-corrected chi connectivity index (χ0v) is 17.3. The largest absolute Gasteiger partial charge is 2.00 e. The molecular formula is C27H20FeO2+2. The van der Waals surface area contributed by atoms with E-state index in [2.05, 4.69) is 24.3 Å². The van der Waals surface area contributed by atoms with Crippen LogP contribution >= 0.6 is 0 Å². The molecule has 146 valence electrons. The molecule has 1 heterocycles. The summed E-state index contributed by atoms with van der Waals surface area (Å²) in [4.78, 5) is 11.7. The summed E-state index contributed by atoms with van der Waals surface area (Å²) in [7, 11) is 0. The Morgan fingerprint density at radius 2 is 1.17 bits per heavy atom. The number of hydrogen-bond donors (Lipinski definition) is 0. The molecule has 2 fully saturated rings. The summed E-state index contributed by atoms with van der Waals surface area (Å²) in [5.74, 6) is 1.29. The molecule has 0 aromatic heterocycles. The minimum Gasteiger partial charge on any atom is -0.423 e. The maximum absolute atomic E-state index is 11.7. The molecule has 2 aromatic rings. The second-order valence-electron chi connectivity index (χ2n) is 6.61. The monoisotopic (exact) mass is 432 g/mol. The molecule has 1 aliphatic heterocycles. The first-order chi connectivity index (χ1) is 14.3. The summed E-state index contributed by atoms with van der Waals surface area (Å²) in [6, 6.07) is 18.4. The molecule has 2 aliphatic carbocycles. The molecule has 2 aromatic carbocycles. The molecule has 0 amide bonds. The second-order valence-corrected chi connectivity index (χ2v) is 6.61. The quantitative estimate of drug-likeness (QED) is 0.466. The SMILES string of the molecule is O=C1C=C(c2ccc(-c3ccccc3)cc2)/C(=C/[C]2[CH][CH][CH][CH]2)O1.[CH]1[CH][CH][CH][CH]1.[Fe+2]. The number of cyclic esters (lactones) is 1. The second kappa shape index (κ2) is 11.3. The molecule has 2 saturated carbocycles. The number of allylic oxidation sites excluding steroid dienone is 2. The predicted molar refractivity (Wildman–Crippen MR) is 116 cm³/mol. The Labute approximate surface area is 190 Å². The standard InChI is InChI=1S/C22H15O2.C5H5.Fe/c23-22-15-20(21(24-22)14-16-6-4-5-7-16)19-12-10-18(11-13-19)17-8-2-1-3-9-17;1-2-4-5-3-1;/h1-15H;1-5H;/q;;+2/b21-14-;;. The van der Waals surface area contributed by atoms with Crippen LogP contribution in [0.5, 0.6) is 0 Å². The van der Waals surface area contributed by atoms with Gasteiger partial charge < -0.3 is 4.74 Å².